The maximum Gasteiger partial charge on any atom is 0.269 e. The van der Waals surface area contributed by atoms with Crippen molar-refractivity contribution in [1.29, 1.82) is 0 Å². The summed E-state index contributed by atoms with van der Waals surface area (Å²) in [5.41, 5.74) is 9.79. The molecular weight excluding hydrogens is 326 g/mol. The first-order chi connectivity index (χ1) is 12.8. The van der Waals surface area contributed by atoms with Gasteiger partial charge in [-0.25, -0.2) is 9.97 Å². The molecule has 6 nitrogen and oxygen atoms in total. The van der Waals surface area contributed by atoms with Crippen LogP contribution in [0.1, 0.15) is 21.5 Å². The zero-order valence-electron chi connectivity index (χ0n) is 14.2. The SMILES string of the molecule is O=C(NNc1ncccn1)c1ccc(N2CCc3ccccc3C2)cc1. The maximum absolute atomic E-state index is 12.2. The van der Waals surface area contributed by atoms with E-state index in [0.717, 1.165) is 25.2 Å². The van der Waals surface area contributed by atoms with Gasteiger partial charge in [0.15, 0.2) is 0 Å². The van der Waals surface area contributed by atoms with E-state index in [1.807, 2.05) is 24.3 Å². The second kappa shape index (κ2) is 7.23. The lowest BCUT2D eigenvalue weighted by molar-refractivity contribution is 0.0962. The van der Waals surface area contributed by atoms with Crippen molar-refractivity contribution >= 4 is 17.5 Å². The fourth-order valence-electron chi connectivity index (χ4n) is 3.09. The minimum atomic E-state index is -0.229. The van der Waals surface area contributed by atoms with Crippen molar-refractivity contribution in [2.45, 2.75) is 13.0 Å². The van der Waals surface area contributed by atoms with Gasteiger partial charge >= 0.3 is 0 Å². The first kappa shape index (κ1) is 16.1. The van der Waals surface area contributed by atoms with E-state index in [9.17, 15) is 4.79 Å². The molecular formula is C20H19N5O. The third kappa shape index (κ3) is 3.49. The number of hydrogen-bond donors (Lipinski definition) is 2. The van der Waals surface area contributed by atoms with Crippen LogP contribution >= 0.6 is 0 Å². The lowest BCUT2D eigenvalue weighted by Crippen LogP contribution is -2.31. The molecule has 0 fully saturated rings. The van der Waals surface area contributed by atoms with Crippen LogP contribution in [-0.2, 0) is 13.0 Å². The molecule has 0 bridgehead atoms. The molecule has 6 heteroatoms. The van der Waals surface area contributed by atoms with Crippen molar-refractivity contribution in [1.82, 2.24) is 15.4 Å². The number of aromatic nitrogens is 2. The second-order valence-electron chi connectivity index (χ2n) is 6.14. The summed E-state index contributed by atoms with van der Waals surface area (Å²) in [6.07, 6.45) is 4.25. The zero-order chi connectivity index (χ0) is 17.8. The van der Waals surface area contributed by atoms with Crippen molar-refractivity contribution in [2.24, 2.45) is 0 Å². The van der Waals surface area contributed by atoms with Crippen molar-refractivity contribution in [3.05, 3.63) is 83.7 Å². The van der Waals surface area contributed by atoms with Crippen LogP contribution in [0.3, 0.4) is 0 Å². The minimum absolute atomic E-state index is 0.229. The molecule has 130 valence electrons. The molecule has 0 aliphatic carbocycles. The summed E-state index contributed by atoms with van der Waals surface area (Å²) < 4.78 is 0. The molecule has 2 N–H and O–H groups in total. The first-order valence-corrected chi connectivity index (χ1v) is 8.55. The molecule has 3 aromatic rings. The number of nitrogens with one attached hydrogen (secondary N) is 2. The van der Waals surface area contributed by atoms with Crippen molar-refractivity contribution in [3.63, 3.8) is 0 Å². The van der Waals surface area contributed by atoms with E-state index < -0.39 is 0 Å². The van der Waals surface area contributed by atoms with Crippen molar-refractivity contribution in [2.75, 3.05) is 16.9 Å². The van der Waals surface area contributed by atoms with Crippen LogP contribution in [0.15, 0.2) is 67.0 Å². The van der Waals surface area contributed by atoms with E-state index in [4.69, 9.17) is 0 Å². The molecule has 0 atom stereocenters. The van der Waals surface area contributed by atoms with E-state index >= 15 is 0 Å². The standard InChI is InChI=1S/C20H19N5O/c26-19(23-24-20-21-11-3-12-22-20)16-6-8-18(9-7-16)25-13-10-15-4-1-2-5-17(15)14-25/h1-9,11-12H,10,13-14H2,(H,23,26)(H,21,22,24). The smallest absolute Gasteiger partial charge is 0.269 e. The van der Waals surface area contributed by atoms with E-state index in [1.54, 1.807) is 18.5 Å². The van der Waals surface area contributed by atoms with Gasteiger partial charge in [-0.2, -0.15) is 0 Å². The van der Waals surface area contributed by atoms with Crippen LogP contribution in [-0.4, -0.2) is 22.4 Å². The summed E-state index contributed by atoms with van der Waals surface area (Å²) in [6, 6.07) is 17.9. The van der Waals surface area contributed by atoms with Crippen LogP contribution in [0.5, 0.6) is 0 Å². The largest absolute Gasteiger partial charge is 0.367 e. The average Bonchev–Trinajstić information content (AvgIpc) is 2.72. The minimum Gasteiger partial charge on any atom is -0.367 e. The Labute approximate surface area is 151 Å². The summed E-state index contributed by atoms with van der Waals surface area (Å²) in [7, 11) is 0. The predicted molar refractivity (Wildman–Crippen MR) is 101 cm³/mol. The normalized spacial score (nSPS) is 13.0. The summed E-state index contributed by atoms with van der Waals surface area (Å²) in [5, 5.41) is 0. The highest BCUT2D eigenvalue weighted by Gasteiger charge is 2.16. The lowest BCUT2D eigenvalue weighted by atomic mass is 9.99. The highest BCUT2D eigenvalue weighted by atomic mass is 16.2. The molecule has 1 amide bonds. The summed E-state index contributed by atoms with van der Waals surface area (Å²) >= 11 is 0. The van der Waals surface area contributed by atoms with Crippen LogP contribution in [0.4, 0.5) is 11.6 Å². The molecule has 4 rings (SSSR count). The second-order valence-corrected chi connectivity index (χ2v) is 6.14. The number of carbonyl (C=O) groups is 1. The highest BCUT2D eigenvalue weighted by Crippen LogP contribution is 2.24. The molecule has 26 heavy (non-hydrogen) atoms. The summed E-state index contributed by atoms with van der Waals surface area (Å²) in [5.74, 6) is 0.123. The number of carbonyl (C=O) groups excluding carboxylic acids is 1. The van der Waals surface area contributed by atoms with E-state index in [1.165, 1.54) is 11.1 Å². The van der Waals surface area contributed by atoms with E-state index in [0.29, 0.717) is 11.5 Å². The van der Waals surface area contributed by atoms with Gasteiger partial charge in [0.25, 0.3) is 5.91 Å². The zero-order valence-corrected chi connectivity index (χ0v) is 14.2. The molecule has 0 spiro atoms. The van der Waals surface area contributed by atoms with Crippen LogP contribution in [0.2, 0.25) is 0 Å². The Morgan fingerprint density at radius 1 is 0.923 bits per heavy atom. The van der Waals surface area contributed by atoms with Gasteiger partial charge in [-0.15, -0.1) is 0 Å². The number of amides is 1. The van der Waals surface area contributed by atoms with Crippen LogP contribution in [0.25, 0.3) is 0 Å². The molecule has 1 aliphatic heterocycles. The quantitative estimate of drug-likeness (QED) is 0.712. The predicted octanol–water partition coefficient (Wildman–Crippen LogP) is 2.80. The van der Waals surface area contributed by atoms with Crippen molar-refractivity contribution in [3.8, 4) is 0 Å². The lowest BCUT2D eigenvalue weighted by Gasteiger charge is -2.30. The Morgan fingerprint density at radius 3 is 2.42 bits per heavy atom. The number of fused-ring (bicyclic) bond motifs is 1. The Bertz CT molecular complexity index is 896. The number of hydrazine groups is 1. The fraction of sp³-hybridized carbons (Fsp3) is 0.150. The number of nitrogens with zero attached hydrogens (tertiary/aromatic N) is 3. The maximum atomic E-state index is 12.2. The van der Waals surface area contributed by atoms with Crippen LogP contribution < -0.4 is 15.8 Å². The van der Waals surface area contributed by atoms with Gasteiger partial charge < -0.3 is 4.90 Å². The van der Waals surface area contributed by atoms with E-state index in [2.05, 4.69) is 50.0 Å². The van der Waals surface area contributed by atoms with Gasteiger partial charge in [0.2, 0.25) is 5.95 Å². The summed E-state index contributed by atoms with van der Waals surface area (Å²) in [6.45, 7) is 1.88. The van der Waals surface area contributed by atoms with Crippen LogP contribution in [0, 0.1) is 0 Å². The first-order valence-electron chi connectivity index (χ1n) is 8.55. The Balaban J connectivity index is 1.40. The molecule has 0 radical (unpaired) electrons. The Kier molecular flexibility index (Phi) is 4.47. The van der Waals surface area contributed by atoms with Gasteiger partial charge in [-0.05, 0) is 47.9 Å². The Morgan fingerprint density at radius 2 is 1.65 bits per heavy atom. The molecule has 0 unspecified atom stereocenters. The van der Waals surface area contributed by atoms with Gasteiger partial charge in [0.1, 0.15) is 0 Å². The average molecular weight is 345 g/mol. The molecule has 0 saturated heterocycles. The molecule has 2 aromatic carbocycles. The fourth-order valence-corrected chi connectivity index (χ4v) is 3.09. The number of benzene rings is 2. The molecule has 2 heterocycles. The van der Waals surface area contributed by atoms with Gasteiger partial charge in [0, 0.05) is 36.7 Å². The van der Waals surface area contributed by atoms with Gasteiger partial charge in [0.05, 0.1) is 0 Å². The Hall–Kier alpha value is -3.41. The van der Waals surface area contributed by atoms with Gasteiger partial charge in [-0.1, -0.05) is 24.3 Å². The van der Waals surface area contributed by atoms with Gasteiger partial charge in [-0.3, -0.25) is 15.6 Å². The third-order valence-electron chi connectivity index (χ3n) is 4.48. The number of rotatable bonds is 4. The van der Waals surface area contributed by atoms with E-state index in [-0.39, 0.29) is 5.91 Å². The highest BCUT2D eigenvalue weighted by molar-refractivity contribution is 5.95. The number of hydrogen-bond acceptors (Lipinski definition) is 5. The molecule has 0 saturated carbocycles. The molecule has 1 aromatic heterocycles. The third-order valence-corrected chi connectivity index (χ3v) is 4.48. The summed E-state index contributed by atoms with van der Waals surface area (Å²) in [4.78, 5) is 22.5. The molecule has 1 aliphatic rings. The van der Waals surface area contributed by atoms with Crippen molar-refractivity contribution < 1.29 is 4.79 Å². The topological polar surface area (TPSA) is 70.1 Å². The monoisotopic (exact) mass is 345 g/mol. The number of anilines is 2.